The van der Waals surface area contributed by atoms with Gasteiger partial charge in [0.05, 0.1) is 18.5 Å². The number of carbonyl (C=O) groups is 1. The van der Waals surface area contributed by atoms with Crippen LogP contribution in [0.25, 0.3) is 0 Å². The molecule has 1 saturated heterocycles. The molecule has 1 aliphatic rings. The monoisotopic (exact) mass is 493 g/mol. The molecule has 35 heavy (non-hydrogen) atoms. The number of carbonyl (C=O) groups excluding carboxylic acids is 1. The van der Waals surface area contributed by atoms with Crippen LogP contribution in [0.5, 0.6) is 5.75 Å². The predicted molar refractivity (Wildman–Crippen MR) is 139 cm³/mol. The van der Waals surface area contributed by atoms with E-state index < -0.39 is 0 Å². The summed E-state index contributed by atoms with van der Waals surface area (Å²) in [5, 5.41) is 11.9. The van der Waals surface area contributed by atoms with Gasteiger partial charge < -0.3 is 19.7 Å². The summed E-state index contributed by atoms with van der Waals surface area (Å²) in [5.74, 6) is 1.36. The standard InChI is InChI=1S/C26H31N5O3S/c1-4-12-31-24(18-34-23-7-5-6-19(2)17-23)28-29-26(31)35-20(3)25(32)27-21-8-10-22(11-9-21)30-13-15-33-16-14-30/h4-11,17,20H,1,12-16,18H2,2-3H3,(H,27,32)/t20-/m1/s1. The Hall–Kier alpha value is -3.30. The van der Waals surface area contributed by atoms with E-state index in [0.29, 0.717) is 17.5 Å². The minimum absolute atomic E-state index is 0.0974. The van der Waals surface area contributed by atoms with Gasteiger partial charge in [-0.25, -0.2) is 0 Å². The summed E-state index contributed by atoms with van der Waals surface area (Å²) in [6.07, 6.45) is 1.78. The number of thioether (sulfide) groups is 1. The van der Waals surface area contributed by atoms with Gasteiger partial charge in [0.25, 0.3) is 0 Å². The highest BCUT2D eigenvalue weighted by atomic mass is 32.2. The lowest BCUT2D eigenvalue weighted by molar-refractivity contribution is -0.115. The first kappa shape index (κ1) is 24.8. The zero-order valence-corrected chi connectivity index (χ0v) is 21.0. The van der Waals surface area contributed by atoms with E-state index >= 15 is 0 Å². The van der Waals surface area contributed by atoms with Crippen LogP contribution < -0.4 is 15.0 Å². The number of hydrogen-bond donors (Lipinski definition) is 1. The van der Waals surface area contributed by atoms with E-state index in [1.165, 1.54) is 11.8 Å². The van der Waals surface area contributed by atoms with Crippen molar-refractivity contribution in [2.45, 2.75) is 37.4 Å². The van der Waals surface area contributed by atoms with E-state index in [1.54, 1.807) is 6.08 Å². The minimum atomic E-state index is -0.368. The molecule has 1 amide bonds. The highest BCUT2D eigenvalue weighted by Gasteiger charge is 2.20. The molecule has 1 N–H and O–H groups in total. The van der Waals surface area contributed by atoms with Crippen molar-refractivity contribution in [3.8, 4) is 5.75 Å². The third kappa shape index (κ3) is 6.64. The lowest BCUT2D eigenvalue weighted by Gasteiger charge is -2.28. The maximum absolute atomic E-state index is 12.9. The molecule has 2 heterocycles. The second-order valence-corrected chi connectivity index (χ2v) is 9.61. The van der Waals surface area contributed by atoms with Crippen molar-refractivity contribution in [1.82, 2.24) is 14.8 Å². The molecule has 1 fully saturated rings. The van der Waals surface area contributed by atoms with E-state index in [4.69, 9.17) is 9.47 Å². The summed E-state index contributed by atoms with van der Waals surface area (Å²) >= 11 is 1.36. The third-order valence-corrected chi connectivity index (χ3v) is 6.71. The molecule has 8 nitrogen and oxygen atoms in total. The molecule has 4 rings (SSSR count). The lowest BCUT2D eigenvalue weighted by Crippen LogP contribution is -2.36. The molecule has 9 heteroatoms. The number of hydrogen-bond acceptors (Lipinski definition) is 7. The molecule has 2 aromatic carbocycles. The Bertz CT molecular complexity index is 1140. The van der Waals surface area contributed by atoms with Gasteiger partial charge in [0.15, 0.2) is 11.0 Å². The fourth-order valence-electron chi connectivity index (χ4n) is 3.71. The quantitative estimate of drug-likeness (QED) is 0.333. The highest BCUT2D eigenvalue weighted by Crippen LogP contribution is 2.25. The van der Waals surface area contributed by atoms with Gasteiger partial charge in [-0.1, -0.05) is 30.0 Å². The molecule has 0 spiro atoms. The van der Waals surface area contributed by atoms with E-state index in [-0.39, 0.29) is 17.8 Å². The van der Waals surface area contributed by atoms with Gasteiger partial charge in [0.1, 0.15) is 12.4 Å². The second-order valence-electron chi connectivity index (χ2n) is 8.30. The Balaban J connectivity index is 1.36. The average molecular weight is 494 g/mol. The molecule has 184 valence electrons. The maximum Gasteiger partial charge on any atom is 0.237 e. The molecule has 0 saturated carbocycles. The normalized spacial score (nSPS) is 14.4. The lowest BCUT2D eigenvalue weighted by atomic mass is 10.2. The van der Waals surface area contributed by atoms with Gasteiger partial charge in [0.2, 0.25) is 5.91 Å². The summed E-state index contributed by atoms with van der Waals surface area (Å²) < 4.78 is 13.2. The molecule has 0 radical (unpaired) electrons. The number of allylic oxidation sites excluding steroid dienone is 1. The SMILES string of the molecule is C=CCn1c(COc2cccc(C)c2)nnc1S[C@H](C)C(=O)Nc1ccc(N2CCOCC2)cc1. The maximum atomic E-state index is 12.9. The van der Waals surface area contributed by atoms with Crippen LogP contribution in [0.15, 0.2) is 66.3 Å². The highest BCUT2D eigenvalue weighted by molar-refractivity contribution is 8.00. The largest absolute Gasteiger partial charge is 0.486 e. The van der Waals surface area contributed by atoms with Gasteiger partial charge in [-0.05, 0) is 55.8 Å². The molecule has 0 bridgehead atoms. The van der Waals surface area contributed by atoms with E-state index in [2.05, 4.69) is 27.0 Å². The fourth-order valence-corrected chi connectivity index (χ4v) is 4.59. The molecule has 1 aliphatic heterocycles. The smallest absolute Gasteiger partial charge is 0.237 e. The molecule has 1 aromatic heterocycles. The number of anilines is 2. The van der Waals surface area contributed by atoms with Gasteiger partial charge in [0, 0.05) is 31.0 Å². The number of nitrogens with zero attached hydrogens (tertiary/aromatic N) is 4. The summed E-state index contributed by atoms with van der Waals surface area (Å²) in [6, 6.07) is 15.8. The van der Waals surface area contributed by atoms with Crippen LogP contribution in [0, 0.1) is 6.92 Å². The number of morpholine rings is 1. The topological polar surface area (TPSA) is 81.5 Å². The second kappa shape index (κ2) is 11.9. The van der Waals surface area contributed by atoms with Crippen molar-refractivity contribution in [3.63, 3.8) is 0 Å². The summed E-state index contributed by atoms with van der Waals surface area (Å²) in [6.45, 7) is 11.8. The van der Waals surface area contributed by atoms with Gasteiger partial charge >= 0.3 is 0 Å². The summed E-state index contributed by atoms with van der Waals surface area (Å²) in [7, 11) is 0. The Morgan fingerprint density at radius 1 is 1.23 bits per heavy atom. The number of aromatic nitrogens is 3. The van der Waals surface area contributed by atoms with E-state index in [9.17, 15) is 4.79 Å². The Kier molecular flexibility index (Phi) is 8.44. The number of amides is 1. The third-order valence-electron chi connectivity index (χ3n) is 5.63. The molecule has 1 atom stereocenters. The Morgan fingerprint density at radius 3 is 2.71 bits per heavy atom. The molecular weight excluding hydrogens is 462 g/mol. The van der Waals surface area contributed by atoms with Crippen molar-refractivity contribution in [1.29, 1.82) is 0 Å². The van der Waals surface area contributed by atoms with Crippen molar-refractivity contribution in [3.05, 3.63) is 72.6 Å². The van der Waals surface area contributed by atoms with Crippen LogP contribution in [0.1, 0.15) is 18.3 Å². The van der Waals surface area contributed by atoms with Crippen LogP contribution in [0.3, 0.4) is 0 Å². The first-order valence-electron chi connectivity index (χ1n) is 11.7. The molecular formula is C26H31N5O3S. The van der Waals surface area contributed by atoms with Crippen molar-refractivity contribution in [2.75, 3.05) is 36.5 Å². The van der Waals surface area contributed by atoms with E-state index in [0.717, 1.165) is 49.0 Å². The zero-order chi connectivity index (χ0) is 24.6. The Morgan fingerprint density at radius 2 is 2.00 bits per heavy atom. The average Bonchev–Trinajstić information content (AvgIpc) is 3.25. The fraction of sp³-hybridized carbons (Fsp3) is 0.346. The summed E-state index contributed by atoms with van der Waals surface area (Å²) in [4.78, 5) is 15.1. The molecule has 3 aromatic rings. The zero-order valence-electron chi connectivity index (χ0n) is 20.1. The van der Waals surface area contributed by atoms with Gasteiger partial charge in [-0.2, -0.15) is 0 Å². The van der Waals surface area contributed by atoms with Crippen LogP contribution >= 0.6 is 11.8 Å². The van der Waals surface area contributed by atoms with Crippen molar-refractivity contribution >= 4 is 29.0 Å². The first-order chi connectivity index (χ1) is 17.0. The van der Waals surface area contributed by atoms with Crippen LogP contribution in [-0.2, 0) is 22.7 Å². The van der Waals surface area contributed by atoms with Gasteiger partial charge in [-0.15, -0.1) is 16.8 Å². The van der Waals surface area contributed by atoms with Crippen LogP contribution in [-0.4, -0.2) is 52.2 Å². The first-order valence-corrected chi connectivity index (χ1v) is 12.5. The predicted octanol–water partition coefficient (Wildman–Crippen LogP) is 4.31. The minimum Gasteiger partial charge on any atom is -0.486 e. The van der Waals surface area contributed by atoms with Crippen LogP contribution in [0.2, 0.25) is 0 Å². The molecule has 0 unspecified atom stereocenters. The number of rotatable bonds is 10. The van der Waals surface area contributed by atoms with Crippen molar-refractivity contribution < 1.29 is 14.3 Å². The Labute approximate surface area is 210 Å². The number of aryl methyl sites for hydroxylation is 1. The van der Waals surface area contributed by atoms with Crippen molar-refractivity contribution in [2.24, 2.45) is 0 Å². The summed E-state index contributed by atoms with van der Waals surface area (Å²) in [5.41, 5.74) is 3.02. The number of ether oxygens (including phenoxy) is 2. The number of benzene rings is 2. The number of nitrogens with one attached hydrogen (secondary N) is 1. The molecule has 0 aliphatic carbocycles. The van der Waals surface area contributed by atoms with Crippen LogP contribution in [0.4, 0.5) is 11.4 Å². The van der Waals surface area contributed by atoms with Gasteiger partial charge in [-0.3, -0.25) is 9.36 Å². The van der Waals surface area contributed by atoms with E-state index in [1.807, 2.05) is 66.9 Å².